The van der Waals surface area contributed by atoms with Crippen molar-refractivity contribution in [2.45, 2.75) is 104 Å². The van der Waals surface area contributed by atoms with Crippen LogP contribution in [0.25, 0.3) is 0 Å². The number of aliphatic hydroxyl groups is 1. The Morgan fingerprint density at radius 2 is 1.96 bits per heavy atom. The van der Waals surface area contributed by atoms with Gasteiger partial charge in [-0.3, -0.25) is 0 Å². The SMILES string of the molecule is CC(=O)CCC[C@@H](C)C1CCC2C3CC=C4C[C@H](O)CC[C@]4(C)C3CC[C@@]21C. The second kappa shape index (κ2) is 7.56. The van der Waals surface area contributed by atoms with Crippen molar-refractivity contribution < 1.29 is 9.90 Å². The van der Waals surface area contributed by atoms with Crippen LogP contribution in [-0.2, 0) is 4.79 Å². The van der Waals surface area contributed by atoms with Crippen LogP contribution in [0.15, 0.2) is 11.6 Å². The minimum Gasteiger partial charge on any atom is -0.393 e. The molecule has 0 aromatic carbocycles. The number of carbonyl (C=O) groups excluding carboxylic acids is 1. The molecule has 4 aliphatic carbocycles. The summed E-state index contributed by atoms with van der Waals surface area (Å²) < 4.78 is 0. The van der Waals surface area contributed by atoms with Crippen LogP contribution >= 0.6 is 0 Å². The molecule has 0 spiro atoms. The van der Waals surface area contributed by atoms with E-state index < -0.39 is 0 Å². The Hall–Kier alpha value is -0.630. The summed E-state index contributed by atoms with van der Waals surface area (Å²) in [6.07, 6.45) is 15.5. The van der Waals surface area contributed by atoms with E-state index >= 15 is 0 Å². The molecule has 0 aliphatic heterocycles. The number of Topliss-reactive ketones (excluding diaryl/α,β-unsaturated/α-hetero) is 1. The van der Waals surface area contributed by atoms with Gasteiger partial charge in [0.15, 0.2) is 0 Å². The van der Waals surface area contributed by atoms with Gasteiger partial charge < -0.3 is 9.90 Å². The normalized spacial score (nSPS) is 46.2. The van der Waals surface area contributed by atoms with E-state index in [0.717, 1.165) is 55.3 Å². The number of ketones is 1. The quantitative estimate of drug-likeness (QED) is 0.561. The summed E-state index contributed by atoms with van der Waals surface area (Å²) in [6, 6.07) is 0. The third-order valence-electron chi connectivity index (χ3n) is 10.0. The number of fused-ring (bicyclic) bond motifs is 5. The first-order chi connectivity index (χ1) is 13.3. The third-order valence-corrected chi connectivity index (χ3v) is 10.0. The van der Waals surface area contributed by atoms with Gasteiger partial charge in [-0.2, -0.15) is 0 Å². The second-order valence-electron chi connectivity index (χ2n) is 11.5. The van der Waals surface area contributed by atoms with E-state index in [4.69, 9.17) is 0 Å². The van der Waals surface area contributed by atoms with Crippen molar-refractivity contribution in [1.82, 2.24) is 0 Å². The first kappa shape index (κ1) is 20.6. The molecule has 4 rings (SSSR count). The average molecular weight is 387 g/mol. The van der Waals surface area contributed by atoms with Gasteiger partial charge in [-0.15, -0.1) is 0 Å². The molecule has 1 N–H and O–H groups in total. The summed E-state index contributed by atoms with van der Waals surface area (Å²) in [4.78, 5) is 11.3. The number of allylic oxidation sites excluding steroid dienone is 1. The molecule has 2 heteroatoms. The minimum atomic E-state index is -0.101. The summed E-state index contributed by atoms with van der Waals surface area (Å²) >= 11 is 0. The molecule has 2 nitrogen and oxygen atoms in total. The average Bonchev–Trinajstić information content (AvgIpc) is 2.99. The molecule has 0 aromatic heterocycles. The predicted molar refractivity (Wildman–Crippen MR) is 115 cm³/mol. The van der Waals surface area contributed by atoms with Crippen LogP contribution in [0.2, 0.25) is 0 Å². The maximum absolute atomic E-state index is 11.3. The molecule has 4 aliphatic rings. The molecular formula is C26H42O2. The zero-order valence-electron chi connectivity index (χ0n) is 18.7. The van der Waals surface area contributed by atoms with Gasteiger partial charge in [0, 0.05) is 6.42 Å². The predicted octanol–water partition coefficient (Wildman–Crippen LogP) is 6.32. The van der Waals surface area contributed by atoms with Gasteiger partial charge in [0.05, 0.1) is 6.10 Å². The van der Waals surface area contributed by atoms with E-state index in [9.17, 15) is 9.90 Å². The molecule has 0 aromatic rings. The van der Waals surface area contributed by atoms with Crippen molar-refractivity contribution >= 4 is 5.78 Å². The van der Waals surface area contributed by atoms with Crippen LogP contribution in [0.3, 0.4) is 0 Å². The lowest BCUT2D eigenvalue weighted by molar-refractivity contribution is -0.117. The highest BCUT2D eigenvalue weighted by molar-refractivity contribution is 5.75. The Labute approximate surface area is 172 Å². The maximum Gasteiger partial charge on any atom is 0.129 e. The summed E-state index contributed by atoms with van der Waals surface area (Å²) in [5.41, 5.74) is 2.45. The minimum absolute atomic E-state index is 0.101. The molecule has 8 atom stereocenters. The molecule has 28 heavy (non-hydrogen) atoms. The summed E-state index contributed by atoms with van der Waals surface area (Å²) in [6.45, 7) is 9.35. The highest BCUT2D eigenvalue weighted by Crippen LogP contribution is 2.67. The number of rotatable bonds is 5. The molecule has 4 unspecified atom stereocenters. The van der Waals surface area contributed by atoms with Gasteiger partial charge in [0.25, 0.3) is 0 Å². The van der Waals surface area contributed by atoms with Crippen molar-refractivity contribution in [2.24, 2.45) is 40.4 Å². The number of aliphatic hydroxyl groups excluding tert-OH is 1. The largest absolute Gasteiger partial charge is 0.393 e. The Morgan fingerprint density at radius 1 is 1.18 bits per heavy atom. The van der Waals surface area contributed by atoms with E-state index in [1.807, 2.05) is 0 Å². The molecule has 0 bridgehead atoms. The van der Waals surface area contributed by atoms with Gasteiger partial charge in [-0.25, -0.2) is 0 Å². The topological polar surface area (TPSA) is 37.3 Å². The van der Waals surface area contributed by atoms with Crippen molar-refractivity contribution in [1.29, 1.82) is 0 Å². The van der Waals surface area contributed by atoms with Gasteiger partial charge in [0.1, 0.15) is 5.78 Å². The standard InChI is InChI=1S/C26H42O2/c1-17(6-5-7-18(2)27)22-10-11-23-21-9-8-19-16-20(28)12-14-25(19,3)24(21)13-15-26(22,23)4/h8,17,20-24,28H,5-7,9-16H2,1-4H3/t17-,20-,21?,22?,23?,24?,25+,26-/m1/s1. The fourth-order valence-corrected chi connectivity index (χ4v) is 8.49. The molecule has 3 saturated carbocycles. The van der Waals surface area contributed by atoms with Crippen molar-refractivity contribution in [2.75, 3.05) is 0 Å². The Bertz CT molecular complexity index is 636. The van der Waals surface area contributed by atoms with Crippen molar-refractivity contribution in [3.05, 3.63) is 11.6 Å². The fraction of sp³-hybridized carbons (Fsp3) is 0.885. The third kappa shape index (κ3) is 3.32. The summed E-state index contributed by atoms with van der Waals surface area (Å²) in [5, 5.41) is 10.2. The van der Waals surface area contributed by atoms with Crippen molar-refractivity contribution in [3.63, 3.8) is 0 Å². The smallest absolute Gasteiger partial charge is 0.129 e. The zero-order valence-corrected chi connectivity index (χ0v) is 18.7. The first-order valence-corrected chi connectivity index (χ1v) is 12.1. The van der Waals surface area contributed by atoms with Gasteiger partial charge in [0.2, 0.25) is 0 Å². The molecule has 0 heterocycles. The fourth-order valence-electron chi connectivity index (χ4n) is 8.49. The van der Waals surface area contributed by atoms with Crippen LogP contribution in [0.5, 0.6) is 0 Å². The van der Waals surface area contributed by atoms with E-state index in [1.165, 1.54) is 44.9 Å². The monoisotopic (exact) mass is 386 g/mol. The number of hydrogen-bond donors (Lipinski definition) is 1. The van der Waals surface area contributed by atoms with Gasteiger partial charge >= 0.3 is 0 Å². The Morgan fingerprint density at radius 3 is 2.71 bits per heavy atom. The van der Waals surface area contributed by atoms with Crippen molar-refractivity contribution in [3.8, 4) is 0 Å². The molecule has 3 fully saturated rings. The number of carbonyl (C=O) groups is 1. The van der Waals surface area contributed by atoms with E-state index in [-0.39, 0.29) is 6.10 Å². The zero-order chi connectivity index (χ0) is 20.1. The summed E-state index contributed by atoms with van der Waals surface area (Å²) in [7, 11) is 0. The highest BCUT2D eigenvalue weighted by Gasteiger charge is 2.59. The first-order valence-electron chi connectivity index (χ1n) is 12.1. The van der Waals surface area contributed by atoms with Crippen LogP contribution in [0.4, 0.5) is 0 Å². The lowest BCUT2D eigenvalue weighted by Gasteiger charge is -2.58. The molecular weight excluding hydrogens is 344 g/mol. The lowest BCUT2D eigenvalue weighted by Crippen LogP contribution is -2.50. The summed E-state index contributed by atoms with van der Waals surface area (Å²) in [5.74, 6) is 4.52. The van der Waals surface area contributed by atoms with Gasteiger partial charge in [-0.05, 0) is 105 Å². The number of hydrogen-bond acceptors (Lipinski definition) is 2. The molecule has 0 amide bonds. The highest BCUT2D eigenvalue weighted by atomic mass is 16.3. The van der Waals surface area contributed by atoms with Crippen LogP contribution in [-0.4, -0.2) is 17.0 Å². The van der Waals surface area contributed by atoms with Crippen LogP contribution in [0, 0.1) is 40.4 Å². The second-order valence-corrected chi connectivity index (χ2v) is 11.5. The van der Waals surface area contributed by atoms with E-state index in [1.54, 1.807) is 12.5 Å². The van der Waals surface area contributed by atoms with E-state index in [2.05, 4.69) is 26.8 Å². The van der Waals surface area contributed by atoms with Crippen LogP contribution < -0.4 is 0 Å². The Kier molecular flexibility index (Phi) is 5.57. The maximum atomic E-state index is 11.3. The molecule has 0 radical (unpaired) electrons. The van der Waals surface area contributed by atoms with E-state index in [0.29, 0.717) is 16.6 Å². The lowest BCUT2D eigenvalue weighted by atomic mass is 9.47. The molecule has 0 saturated heterocycles. The Balaban J connectivity index is 1.50. The molecule has 158 valence electrons. The van der Waals surface area contributed by atoms with Crippen LogP contribution in [0.1, 0.15) is 98.3 Å². The van der Waals surface area contributed by atoms with Gasteiger partial charge in [-0.1, -0.05) is 38.8 Å².